The van der Waals surface area contributed by atoms with Crippen molar-refractivity contribution in [3.8, 4) is 0 Å². The molecule has 0 saturated carbocycles. The second-order valence-electron chi connectivity index (χ2n) is 3.04. The molecule has 2 atom stereocenters. The zero-order chi connectivity index (χ0) is 9.68. The Bertz CT molecular complexity index is 172. The summed E-state index contributed by atoms with van der Waals surface area (Å²) in [5.74, 6) is 0. The Labute approximate surface area is 80.5 Å². The second-order valence-corrected chi connectivity index (χ2v) is 3.66. The third-order valence-corrected chi connectivity index (χ3v) is 2.36. The monoisotopic (exact) mass is 209 g/mol. The second kappa shape index (κ2) is 5.66. The van der Waals surface area contributed by atoms with Gasteiger partial charge in [-0.3, -0.25) is 13.6 Å². The molecular formula is C7H15NO4S. The van der Waals surface area contributed by atoms with Gasteiger partial charge in [-0.2, -0.15) is 4.21 Å². The van der Waals surface area contributed by atoms with E-state index in [4.69, 9.17) is 13.5 Å². The van der Waals surface area contributed by atoms with Gasteiger partial charge in [-0.05, 0) is 6.92 Å². The van der Waals surface area contributed by atoms with Gasteiger partial charge in [-0.25, -0.2) is 0 Å². The highest BCUT2D eigenvalue weighted by Gasteiger charge is 2.15. The average molecular weight is 209 g/mol. The van der Waals surface area contributed by atoms with Gasteiger partial charge in [0.25, 0.3) is 0 Å². The average Bonchev–Trinajstić information content (AvgIpc) is 2.04. The number of rotatable bonds is 4. The molecule has 0 spiro atoms. The molecule has 5 nitrogen and oxygen atoms in total. The third kappa shape index (κ3) is 4.68. The predicted octanol–water partition coefficient (Wildman–Crippen LogP) is -0.140. The Balaban J connectivity index is 2.18. The number of hydrogen-bond acceptors (Lipinski definition) is 4. The van der Waals surface area contributed by atoms with Crippen molar-refractivity contribution in [2.45, 2.75) is 13.0 Å². The molecule has 0 amide bonds. The SMILES string of the molecule is CC(CN1CCOCC1)OS(=O)O. The molecule has 0 aromatic rings. The normalized spacial score (nSPS) is 24.2. The van der Waals surface area contributed by atoms with Crippen LogP contribution in [-0.4, -0.2) is 52.6 Å². The lowest BCUT2D eigenvalue weighted by Gasteiger charge is -2.28. The number of nitrogens with zero attached hydrogens (tertiary/aromatic N) is 1. The molecule has 0 aromatic heterocycles. The Morgan fingerprint density at radius 2 is 2.23 bits per heavy atom. The van der Waals surface area contributed by atoms with Crippen LogP contribution in [0.15, 0.2) is 0 Å². The fourth-order valence-corrected chi connectivity index (χ4v) is 1.66. The van der Waals surface area contributed by atoms with Crippen LogP contribution >= 0.6 is 0 Å². The van der Waals surface area contributed by atoms with E-state index in [1.165, 1.54) is 0 Å². The third-order valence-electron chi connectivity index (χ3n) is 1.87. The van der Waals surface area contributed by atoms with E-state index >= 15 is 0 Å². The molecule has 78 valence electrons. The Morgan fingerprint density at radius 1 is 1.62 bits per heavy atom. The first-order valence-corrected chi connectivity index (χ1v) is 5.30. The van der Waals surface area contributed by atoms with Crippen molar-refractivity contribution < 1.29 is 17.7 Å². The molecular weight excluding hydrogens is 194 g/mol. The highest BCUT2D eigenvalue weighted by Crippen LogP contribution is 2.01. The van der Waals surface area contributed by atoms with E-state index in [9.17, 15) is 4.21 Å². The van der Waals surface area contributed by atoms with E-state index < -0.39 is 11.4 Å². The van der Waals surface area contributed by atoms with E-state index in [0.29, 0.717) is 6.54 Å². The van der Waals surface area contributed by atoms with Gasteiger partial charge >= 0.3 is 11.4 Å². The van der Waals surface area contributed by atoms with Crippen LogP contribution in [-0.2, 0) is 20.3 Å². The lowest BCUT2D eigenvalue weighted by Crippen LogP contribution is -2.40. The van der Waals surface area contributed by atoms with E-state index in [-0.39, 0.29) is 6.10 Å². The van der Waals surface area contributed by atoms with Crippen LogP contribution in [0.4, 0.5) is 0 Å². The van der Waals surface area contributed by atoms with Gasteiger partial charge in [-0.1, -0.05) is 0 Å². The van der Waals surface area contributed by atoms with Gasteiger partial charge in [0.15, 0.2) is 0 Å². The quantitative estimate of drug-likeness (QED) is 0.653. The first-order chi connectivity index (χ1) is 6.18. The predicted molar refractivity (Wildman–Crippen MR) is 48.6 cm³/mol. The summed E-state index contributed by atoms with van der Waals surface area (Å²) in [6.45, 7) is 5.65. The largest absolute Gasteiger partial charge is 0.379 e. The van der Waals surface area contributed by atoms with E-state index in [0.717, 1.165) is 26.3 Å². The smallest absolute Gasteiger partial charge is 0.302 e. The Kier molecular flexibility index (Phi) is 4.82. The van der Waals surface area contributed by atoms with Crippen LogP contribution in [0.2, 0.25) is 0 Å². The van der Waals surface area contributed by atoms with Gasteiger partial charge in [0, 0.05) is 19.6 Å². The summed E-state index contributed by atoms with van der Waals surface area (Å²) >= 11 is -2.16. The minimum Gasteiger partial charge on any atom is -0.379 e. The van der Waals surface area contributed by atoms with Crippen LogP contribution < -0.4 is 0 Å². The molecule has 0 bridgehead atoms. The van der Waals surface area contributed by atoms with Crippen molar-refractivity contribution in [1.29, 1.82) is 0 Å². The van der Waals surface area contributed by atoms with Crippen molar-refractivity contribution in [3.63, 3.8) is 0 Å². The maximum atomic E-state index is 10.3. The van der Waals surface area contributed by atoms with Crippen molar-refractivity contribution in [2.24, 2.45) is 0 Å². The minimum atomic E-state index is -2.16. The molecule has 13 heavy (non-hydrogen) atoms. The van der Waals surface area contributed by atoms with Gasteiger partial charge in [0.2, 0.25) is 0 Å². The molecule has 0 aromatic carbocycles. The lowest BCUT2D eigenvalue weighted by molar-refractivity contribution is 0.0225. The molecule has 0 aliphatic carbocycles. The fraction of sp³-hybridized carbons (Fsp3) is 1.00. The van der Waals surface area contributed by atoms with Crippen LogP contribution in [0.3, 0.4) is 0 Å². The minimum absolute atomic E-state index is 0.219. The van der Waals surface area contributed by atoms with E-state index in [1.54, 1.807) is 6.92 Å². The van der Waals surface area contributed by atoms with Crippen molar-refractivity contribution in [3.05, 3.63) is 0 Å². The van der Waals surface area contributed by atoms with Gasteiger partial charge in [0.1, 0.15) is 0 Å². The first-order valence-electron chi connectivity index (χ1n) is 4.26. The van der Waals surface area contributed by atoms with Crippen molar-refractivity contribution in [2.75, 3.05) is 32.8 Å². The summed E-state index contributed by atoms with van der Waals surface area (Å²) in [6.07, 6.45) is -0.219. The summed E-state index contributed by atoms with van der Waals surface area (Å²) in [5.41, 5.74) is 0. The molecule has 1 heterocycles. The molecule has 1 fully saturated rings. The van der Waals surface area contributed by atoms with Crippen LogP contribution in [0, 0.1) is 0 Å². The standard InChI is InChI=1S/C7H15NO4S/c1-7(12-13(9)10)6-8-2-4-11-5-3-8/h7H,2-6H2,1H3,(H,9,10). The zero-order valence-electron chi connectivity index (χ0n) is 7.64. The Hall–Kier alpha value is -0.0100. The van der Waals surface area contributed by atoms with Gasteiger partial charge in [0.05, 0.1) is 19.3 Å². The number of morpholine rings is 1. The Morgan fingerprint density at radius 3 is 2.77 bits per heavy atom. The molecule has 1 rings (SSSR count). The zero-order valence-corrected chi connectivity index (χ0v) is 8.46. The maximum absolute atomic E-state index is 10.3. The van der Waals surface area contributed by atoms with E-state index in [1.807, 2.05) is 0 Å². The van der Waals surface area contributed by atoms with Crippen LogP contribution in [0.25, 0.3) is 0 Å². The summed E-state index contributed by atoms with van der Waals surface area (Å²) < 4.78 is 28.6. The topological polar surface area (TPSA) is 59.0 Å². The van der Waals surface area contributed by atoms with Gasteiger partial charge < -0.3 is 4.74 Å². The first kappa shape index (κ1) is 11.1. The lowest BCUT2D eigenvalue weighted by atomic mass is 10.3. The molecule has 1 saturated heterocycles. The summed E-state index contributed by atoms with van der Waals surface area (Å²) in [6, 6.07) is 0. The fourth-order valence-electron chi connectivity index (χ4n) is 1.32. The number of hydrogen-bond donors (Lipinski definition) is 1. The summed E-state index contributed by atoms with van der Waals surface area (Å²) in [7, 11) is 0. The summed E-state index contributed by atoms with van der Waals surface area (Å²) in [5, 5.41) is 0. The van der Waals surface area contributed by atoms with Gasteiger partial charge in [-0.15, -0.1) is 0 Å². The highest BCUT2D eigenvalue weighted by molar-refractivity contribution is 7.74. The molecule has 0 radical (unpaired) electrons. The molecule has 1 N–H and O–H groups in total. The molecule has 1 aliphatic heterocycles. The highest BCUT2D eigenvalue weighted by atomic mass is 32.2. The van der Waals surface area contributed by atoms with Crippen molar-refractivity contribution in [1.82, 2.24) is 4.90 Å². The van der Waals surface area contributed by atoms with Crippen LogP contribution in [0.1, 0.15) is 6.92 Å². The van der Waals surface area contributed by atoms with Crippen molar-refractivity contribution >= 4 is 11.4 Å². The summed E-state index contributed by atoms with van der Waals surface area (Å²) in [4.78, 5) is 2.15. The van der Waals surface area contributed by atoms with Crippen LogP contribution in [0.5, 0.6) is 0 Å². The maximum Gasteiger partial charge on any atom is 0.302 e. The molecule has 1 aliphatic rings. The molecule has 6 heteroatoms. The van der Waals surface area contributed by atoms with E-state index in [2.05, 4.69) is 4.90 Å². The number of ether oxygens (including phenoxy) is 1. The molecule has 2 unspecified atom stereocenters.